The number of hydrogen-bond donors (Lipinski definition) is 1. The molecule has 1 amide bonds. The summed E-state index contributed by atoms with van der Waals surface area (Å²) < 4.78 is 0. The molecule has 0 saturated carbocycles. The molecule has 1 aliphatic heterocycles. The summed E-state index contributed by atoms with van der Waals surface area (Å²) in [4.78, 5) is 17.2. The summed E-state index contributed by atoms with van der Waals surface area (Å²) in [5, 5.41) is 3.11. The van der Waals surface area contributed by atoms with Crippen molar-refractivity contribution in [1.82, 2.24) is 15.1 Å². The molecule has 1 heterocycles. The van der Waals surface area contributed by atoms with Crippen LogP contribution in [0, 0.1) is 0 Å². The minimum absolute atomic E-state index is 0.0618. The quantitative estimate of drug-likeness (QED) is 0.0446. The van der Waals surface area contributed by atoms with Gasteiger partial charge in [0.1, 0.15) is 0 Å². The van der Waals surface area contributed by atoms with E-state index in [-0.39, 0.29) is 5.91 Å². The third-order valence-corrected chi connectivity index (χ3v) is 9.79. The number of allylic oxidation sites excluding steroid dienone is 2. The molecule has 45 heavy (non-hydrogen) atoms. The van der Waals surface area contributed by atoms with E-state index >= 15 is 0 Å². The van der Waals surface area contributed by atoms with Gasteiger partial charge in [-0.05, 0) is 38.8 Å². The number of hydrogen-bond acceptors (Lipinski definition) is 3. The highest BCUT2D eigenvalue weighted by Gasteiger charge is 2.26. The third kappa shape index (κ3) is 26.6. The van der Waals surface area contributed by atoms with Gasteiger partial charge in [0, 0.05) is 26.2 Å². The van der Waals surface area contributed by atoms with Crippen LogP contribution in [0.15, 0.2) is 24.3 Å². The first-order chi connectivity index (χ1) is 22.2. The molecule has 0 aliphatic carbocycles. The standard InChI is InChI=1S/C41H79N3O/c1-4-6-8-10-12-14-16-18-20-22-24-26-28-30-32-34-40(45)42-36-37-44-39-38-43(3)41(44)35-33-31-29-27-25-23-21-19-17-15-13-11-9-7-5-2/h32-35,41H,4-31,36-39H2,1-3H3,(H,42,45). The fourth-order valence-corrected chi connectivity index (χ4v) is 6.69. The van der Waals surface area contributed by atoms with Gasteiger partial charge in [-0.25, -0.2) is 0 Å². The summed E-state index contributed by atoms with van der Waals surface area (Å²) in [5.41, 5.74) is 0. The van der Waals surface area contributed by atoms with Crippen molar-refractivity contribution < 1.29 is 4.79 Å². The number of amides is 1. The molecule has 1 saturated heterocycles. The maximum atomic E-state index is 12.3. The molecule has 0 aromatic rings. The predicted octanol–water partition coefficient (Wildman–Crippen LogP) is 11.8. The first-order valence-corrected chi connectivity index (χ1v) is 20.2. The monoisotopic (exact) mass is 630 g/mol. The van der Waals surface area contributed by atoms with Crippen molar-refractivity contribution in [3.05, 3.63) is 24.3 Å². The zero-order chi connectivity index (χ0) is 32.5. The molecule has 1 fully saturated rings. The number of unbranched alkanes of at least 4 members (excludes halogenated alkanes) is 26. The van der Waals surface area contributed by atoms with Crippen LogP contribution < -0.4 is 5.32 Å². The number of carbonyl (C=O) groups excluding carboxylic acids is 1. The lowest BCUT2D eigenvalue weighted by atomic mass is 10.0. The van der Waals surface area contributed by atoms with E-state index in [4.69, 9.17) is 0 Å². The minimum atomic E-state index is 0.0618. The van der Waals surface area contributed by atoms with Gasteiger partial charge in [0.25, 0.3) is 0 Å². The van der Waals surface area contributed by atoms with Crippen molar-refractivity contribution >= 4 is 5.91 Å². The van der Waals surface area contributed by atoms with E-state index in [0.29, 0.717) is 6.17 Å². The summed E-state index contributed by atoms with van der Waals surface area (Å²) in [5.74, 6) is 0.0618. The molecule has 4 heteroatoms. The molecule has 4 nitrogen and oxygen atoms in total. The van der Waals surface area contributed by atoms with Gasteiger partial charge in [0.2, 0.25) is 5.91 Å². The van der Waals surface area contributed by atoms with Gasteiger partial charge in [-0.1, -0.05) is 186 Å². The molecule has 0 bridgehead atoms. The SMILES string of the molecule is CCCCCCCCCCCCCCCC=CC(=O)NCCN1CCN(C)C1C=CCCCCCCCCCCCCCCC. The largest absolute Gasteiger partial charge is 0.351 e. The van der Waals surface area contributed by atoms with Crippen molar-refractivity contribution in [2.45, 2.75) is 200 Å². The molecule has 0 aromatic heterocycles. The van der Waals surface area contributed by atoms with Crippen molar-refractivity contribution in [2.24, 2.45) is 0 Å². The Labute approximate surface area is 282 Å². The fourth-order valence-electron chi connectivity index (χ4n) is 6.69. The van der Waals surface area contributed by atoms with E-state index in [1.165, 1.54) is 173 Å². The summed E-state index contributed by atoms with van der Waals surface area (Å²) in [7, 11) is 2.22. The van der Waals surface area contributed by atoms with E-state index in [9.17, 15) is 4.79 Å². The predicted molar refractivity (Wildman–Crippen MR) is 200 cm³/mol. The molecule has 1 N–H and O–H groups in total. The minimum Gasteiger partial charge on any atom is -0.351 e. The van der Waals surface area contributed by atoms with Crippen LogP contribution in [-0.2, 0) is 4.79 Å². The van der Waals surface area contributed by atoms with Crippen LogP contribution in [0.5, 0.6) is 0 Å². The highest BCUT2D eigenvalue weighted by molar-refractivity contribution is 5.87. The Bertz CT molecular complexity index is 690. The van der Waals surface area contributed by atoms with Gasteiger partial charge >= 0.3 is 0 Å². The van der Waals surface area contributed by atoms with E-state index in [2.05, 4.69) is 54.2 Å². The Morgan fingerprint density at radius 3 is 1.42 bits per heavy atom. The normalized spacial score (nSPS) is 16.1. The van der Waals surface area contributed by atoms with Gasteiger partial charge in [-0.2, -0.15) is 0 Å². The maximum Gasteiger partial charge on any atom is 0.243 e. The van der Waals surface area contributed by atoms with Gasteiger partial charge in [0.15, 0.2) is 0 Å². The third-order valence-electron chi connectivity index (χ3n) is 9.79. The topological polar surface area (TPSA) is 35.6 Å². The Morgan fingerprint density at radius 1 is 0.578 bits per heavy atom. The molecule has 0 spiro atoms. The van der Waals surface area contributed by atoms with Crippen molar-refractivity contribution in [3.8, 4) is 0 Å². The van der Waals surface area contributed by atoms with Crippen LogP contribution in [-0.4, -0.2) is 55.1 Å². The number of nitrogens with zero attached hydrogens (tertiary/aromatic N) is 2. The number of rotatable bonds is 33. The first-order valence-electron chi connectivity index (χ1n) is 20.2. The van der Waals surface area contributed by atoms with Crippen molar-refractivity contribution in [3.63, 3.8) is 0 Å². The van der Waals surface area contributed by atoms with Gasteiger partial charge in [-0.3, -0.25) is 14.6 Å². The van der Waals surface area contributed by atoms with E-state index < -0.39 is 0 Å². The number of nitrogens with one attached hydrogen (secondary N) is 1. The Hall–Kier alpha value is -1.13. The van der Waals surface area contributed by atoms with E-state index in [0.717, 1.165) is 32.6 Å². The fraction of sp³-hybridized carbons (Fsp3) is 0.878. The highest BCUT2D eigenvalue weighted by atomic mass is 16.1. The lowest BCUT2D eigenvalue weighted by molar-refractivity contribution is -0.116. The van der Waals surface area contributed by atoms with Crippen LogP contribution in [0.1, 0.15) is 194 Å². The van der Waals surface area contributed by atoms with Crippen LogP contribution in [0.4, 0.5) is 0 Å². The Morgan fingerprint density at radius 2 is 0.978 bits per heavy atom. The molecule has 0 radical (unpaired) electrons. The summed E-state index contributed by atoms with van der Waals surface area (Å²) in [6.45, 7) is 8.39. The molecular formula is C41H79N3O. The van der Waals surface area contributed by atoms with Gasteiger partial charge in [0.05, 0.1) is 6.17 Å². The molecule has 264 valence electrons. The summed E-state index contributed by atoms with van der Waals surface area (Å²) in [6, 6.07) is 0. The van der Waals surface area contributed by atoms with E-state index in [1.54, 1.807) is 6.08 Å². The number of likely N-dealkylation sites (N-methyl/N-ethyl adjacent to an activating group) is 1. The smallest absolute Gasteiger partial charge is 0.243 e. The molecule has 1 rings (SSSR count). The Kier molecular flexibility index (Phi) is 30.5. The molecular weight excluding hydrogens is 550 g/mol. The number of carbonyl (C=O) groups is 1. The Balaban J connectivity index is 1.97. The van der Waals surface area contributed by atoms with Crippen LogP contribution in [0.25, 0.3) is 0 Å². The maximum absolute atomic E-state index is 12.3. The zero-order valence-corrected chi connectivity index (χ0v) is 30.8. The van der Waals surface area contributed by atoms with Crippen LogP contribution >= 0.6 is 0 Å². The van der Waals surface area contributed by atoms with E-state index in [1.807, 2.05) is 0 Å². The molecule has 1 atom stereocenters. The van der Waals surface area contributed by atoms with Crippen molar-refractivity contribution in [1.29, 1.82) is 0 Å². The lowest BCUT2D eigenvalue weighted by Gasteiger charge is -2.25. The van der Waals surface area contributed by atoms with Crippen LogP contribution in [0.3, 0.4) is 0 Å². The van der Waals surface area contributed by atoms with Gasteiger partial charge < -0.3 is 5.32 Å². The second-order valence-corrected chi connectivity index (χ2v) is 14.1. The first kappa shape index (κ1) is 41.9. The van der Waals surface area contributed by atoms with Crippen molar-refractivity contribution in [2.75, 3.05) is 33.2 Å². The zero-order valence-electron chi connectivity index (χ0n) is 30.8. The molecule has 0 aromatic carbocycles. The average molecular weight is 630 g/mol. The average Bonchev–Trinajstić information content (AvgIpc) is 3.39. The summed E-state index contributed by atoms with van der Waals surface area (Å²) in [6.07, 6.45) is 47.5. The second kappa shape index (κ2) is 32.8. The second-order valence-electron chi connectivity index (χ2n) is 14.1. The molecule has 1 aliphatic rings. The lowest BCUT2D eigenvalue weighted by Crippen LogP contribution is -2.40. The molecule has 1 unspecified atom stereocenters. The summed E-state index contributed by atoms with van der Waals surface area (Å²) >= 11 is 0. The van der Waals surface area contributed by atoms with Gasteiger partial charge in [-0.15, -0.1) is 0 Å². The highest BCUT2D eigenvalue weighted by Crippen LogP contribution is 2.16. The van der Waals surface area contributed by atoms with Crippen LogP contribution in [0.2, 0.25) is 0 Å².